The van der Waals surface area contributed by atoms with E-state index in [2.05, 4.69) is 10.3 Å². The van der Waals surface area contributed by atoms with Crippen molar-refractivity contribution < 1.29 is 46.6 Å². The monoisotopic (exact) mass is 562 g/mol. The number of alkyl halides is 2. The molecule has 0 saturated carbocycles. The Hall–Kier alpha value is -3.70. The Kier molecular flexibility index (Phi) is 8.48. The zero-order valence-corrected chi connectivity index (χ0v) is 20.4. The number of benzene rings is 1. The first-order valence-electron chi connectivity index (χ1n) is 11.2. The van der Waals surface area contributed by atoms with E-state index >= 15 is 8.78 Å². The minimum Gasteiger partial charge on any atom is -0.442 e. The molecule has 1 aromatic carbocycles. The number of amides is 4. The molecule has 1 aromatic heterocycles. The lowest BCUT2D eigenvalue weighted by Crippen LogP contribution is -2.37. The van der Waals surface area contributed by atoms with Gasteiger partial charge in [-0.1, -0.05) is 0 Å². The summed E-state index contributed by atoms with van der Waals surface area (Å²) < 4.78 is 59.8. The van der Waals surface area contributed by atoms with Gasteiger partial charge in [0.05, 0.1) is 44.2 Å². The molecule has 206 valence electrons. The number of nitrogens with one attached hydrogen (secondary N) is 2. The van der Waals surface area contributed by atoms with Crippen LogP contribution in [0.15, 0.2) is 17.5 Å². The van der Waals surface area contributed by atoms with Gasteiger partial charge in [0.15, 0.2) is 16.8 Å². The zero-order chi connectivity index (χ0) is 27.4. The van der Waals surface area contributed by atoms with Crippen molar-refractivity contribution in [3.63, 3.8) is 0 Å². The number of ether oxygens (including phenoxy) is 1. The summed E-state index contributed by atoms with van der Waals surface area (Å²) in [6.07, 6.45) is -5.18. The van der Waals surface area contributed by atoms with E-state index in [-0.39, 0.29) is 55.9 Å². The summed E-state index contributed by atoms with van der Waals surface area (Å²) in [5.74, 6) is -3.50. The second-order valence-corrected chi connectivity index (χ2v) is 8.93. The highest BCUT2D eigenvalue weighted by molar-refractivity contribution is 7.13. The van der Waals surface area contributed by atoms with Crippen LogP contribution < -0.4 is 20.4 Å². The van der Waals surface area contributed by atoms with Gasteiger partial charge in [0, 0.05) is 30.6 Å². The number of carbonyl (C=O) groups is 3. The Bertz CT molecular complexity index is 1180. The summed E-state index contributed by atoms with van der Waals surface area (Å²) in [7, 11) is 0. The molecule has 2 aliphatic rings. The highest BCUT2D eigenvalue weighted by Gasteiger charge is 2.34. The number of aromatic nitrogens is 1. The number of cyclic esters (lactones) is 1. The summed E-state index contributed by atoms with van der Waals surface area (Å²) in [5.41, 5.74) is -0.159. The number of anilines is 3. The highest BCUT2D eigenvalue weighted by atomic mass is 32.1. The lowest BCUT2D eigenvalue weighted by atomic mass is 10.2. The number of hydrogen-bond donors (Lipinski definition) is 3. The van der Waals surface area contributed by atoms with Gasteiger partial charge in [-0.15, -0.1) is 11.3 Å². The maximum atomic E-state index is 15.1. The number of aliphatic hydroxyl groups is 1. The molecular formula is C21H22F4N6O6S. The van der Waals surface area contributed by atoms with E-state index in [0.717, 1.165) is 33.4 Å². The van der Waals surface area contributed by atoms with E-state index in [1.807, 2.05) is 5.32 Å². The van der Waals surface area contributed by atoms with Crippen molar-refractivity contribution in [1.82, 2.24) is 15.4 Å². The van der Waals surface area contributed by atoms with Gasteiger partial charge >= 0.3 is 18.5 Å². The number of urea groups is 1. The highest BCUT2D eigenvalue weighted by Crippen LogP contribution is 2.31. The molecule has 38 heavy (non-hydrogen) atoms. The van der Waals surface area contributed by atoms with Crippen LogP contribution in [0.3, 0.4) is 0 Å². The van der Waals surface area contributed by atoms with E-state index in [4.69, 9.17) is 14.7 Å². The van der Waals surface area contributed by atoms with Crippen LogP contribution >= 0.6 is 11.3 Å². The van der Waals surface area contributed by atoms with Gasteiger partial charge in [-0.2, -0.15) is 8.78 Å². The van der Waals surface area contributed by atoms with Gasteiger partial charge in [0.25, 0.3) is 5.91 Å². The van der Waals surface area contributed by atoms with Crippen molar-refractivity contribution in [1.29, 1.82) is 0 Å². The van der Waals surface area contributed by atoms with Gasteiger partial charge in [-0.3, -0.25) is 19.8 Å². The third-order valence-corrected chi connectivity index (χ3v) is 6.35. The average molecular weight is 563 g/mol. The van der Waals surface area contributed by atoms with Crippen molar-refractivity contribution >= 4 is 45.9 Å². The van der Waals surface area contributed by atoms with E-state index in [0.29, 0.717) is 5.69 Å². The minimum atomic E-state index is -3.23. The lowest BCUT2D eigenvalue weighted by Gasteiger charge is -2.24. The maximum Gasteiger partial charge on any atom is 0.414 e. The number of hydroxylamine groups is 2. The molecule has 1 atom stereocenters. The second kappa shape index (κ2) is 11.8. The lowest BCUT2D eigenvalue weighted by molar-refractivity contribution is -0.132. The molecule has 0 radical (unpaired) electrons. The van der Waals surface area contributed by atoms with Crippen molar-refractivity contribution in [3.8, 4) is 0 Å². The molecule has 4 rings (SSSR count). The standard InChI is InChI=1S/C21H22F4N6O6S/c22-14-5-12(30-8-13(37-21(30)35)7-26-18(33)17(24)25)6-15(23)16(14)29-1-2-31(36-4-3-29)20(34)28-19-27-11(9-32)10-38-19/h5-6,10,13,17,32H,1-4,7-9H2,(H,26,33)(H,27,28,34)/t13-/m0/s1. The number of halogens is 4. The molecule has 0 aliphatic carbocycles. The maximum absolute atomic E-state index is 15.1. The predicted octanol–water partition coefficient (Wildman–Crippen LogP) is 1.91. The van der Waals surface area contributed by atoms with Crippen molar-refractivity contribution in [2.75, 3.05) is 54.4 Å². The molecule has 2 fully saturated rings. The normalized spacial score (nSPS) is 18.0. The molecule has 3 heterocycles. The number of aliphatic hydroxyl groups excluding tert-OH is 1. The third-order valence-electron chi connectivity index (χ3n) is 5.54. The van der Waals surface area contributed by atoms with Crippen molar-refractivity contribution in [2.45, 2.75) is 19.1 Å². The predicted molar refractivity (Wildman–Crippen MR) is 125 cm³/mol. The Labute approximate surface area is 216 Å². The fraction of sp³-hybridized carbons (Fsp3) is 0.429. The number of hydrogen-bond acceptors (Lipinski definition) is 9. The number of nitrogens with zero attached hydrogens (tertiary/aromatic N) is 4. The van der Waals surface area contributed by atoms with Crippen LogP contribution in [-0.2, 0) is 21.0 Å². The van der Waals surface area contributed by atoms with E-state index in [1.54, 1.807) is 5.38 Å². The molecule has 12 nitrogen and oxygen atoms in total. The Morgan fingerprint density at radius 2 is 1.95 bits per heavy atom. The first-order valence-corrected chi connectivity index (χ1v) is 12.1. The van der Waals surface area contributed by atoms with Crippen LogP contribution in [0.25, 0.3) is 0 Å². The van der Waals surface area contributed by atoms with Crippen LogP contribution in [0, 0.1) is 11.6 Å². The van der Waals surface area contributed by atoms with Crippen LogP contribution in [0.1, 0.15) is 5.69 Å². The molecule has 17 heteroatoms. The third kappa shape index (κ3) is 6.22. The largest absolute Gasteiger partial charge is 0.442 e. The molecule has 2 aliphatic heterocycles. The zero-order valence-electron chi connectivity index (χ0n) is 19.5. The Balaban J connectivity index is 1.38. The van der Waals surface area contributed by atoms with Gasteiger partial charge in [-0.25, -0.2) is 28.4 Å². The SMILES string of the molecule is O=C(NC[C@H]1CN(c2cc(F)c(N3CCON(C(=O)Nc4nc(CO)cs4)CC3)c(F)c2)C(=O)O1)C(F)F. The van der Waals surface area contributed by atoms with E-state index < -0.39 is 48.7 Å². The fourth-order valence-corrected chi connectivity index (χ4v) is 4.46. The summed E-state index contributed by atoms with van der Waals surface area (Å²) in [6, 6.07) is 1.21. The molecule has 2 aromatic rings. The van der Waals surface area contributed by atoms with Crippen LogP contribution in [0.4, 0.5) is 43.7 Å². The number of carbonyl (C=O) groups excluding carboxylic acids is 3. The number of thiazole rings is 1. The first kappa shape index (κ1) is 27.3. The van der Waals surface area contributed by atoms with Crippen LogP contribution in [-0.4, -0.2) is 85.0 Å². The Morgan fingerprint density at radius 3 is 2.61 bits per heavy atom. The minimum absolute atomic E-state index is 0.0119. The number of rotatable bonds is 7. The molecular weight excluding hydrogens is 540 g/mol. The molecule has 0 bridgehead atoms. The summed E-state index contributed by atoms with van der Waals surface area (Å²) in [4.78, 5) is 47.4. The van der Waals surface area contributed by atoms with Gasteiger partial charge in [0.1, 0.15) is 11.8 Å². The van der Waals surface area contributed by atoms with Crippen LogP contribution in [0.5, 0.6) is 0 Å². The van der Waals surface area contributed by atoms with Crippen molar-refractivity contribution in [2.24, 2.45) is 0 Å². The molecule has 4 amide bonds. The summed E-state index contributed by atoms with van der Waals surface area (Å²) in [6.45, 7) is -0.957. The van der Waals surface area contributed by atoms with E-state index in [1.165, 1.54) is 4.90 Å². The molecule has 3 N–H and O–H groups in total. The topological polar surface area (TPSA) is 137 Å². The van der Waals surface area contributed by atoms with Crippen LogP contribution in [0.2, 0.25) is 0 Å². The smallest absolute Gasteiger partial charge is 0.414 e. The fourth-order valence-electron chi connectivity index (χ4n) is 3.76. The second-order valence-electron chi connectivity index (χ2n) is 8.07. The van der Waals surface area contributed by atoms with Crippen molar-refractivity contribution in [3.05, 3.63) is 34.8 Å². The summed E-state index contributed by atoms with van der Waals surface area (Å²) >= 11 is 1.11. The van der Waals surface area contributed by atoms with Gasteiger partial charge < -0.3 is 20.1 Å². The summed E-state index contributed by atoms with van der Waals surface area (Å²) in [5, 5.41) is 16.3. The quantitative estimate of drug-likeness (QED) is 0.436. The first-order chi connectivity index (χ1) is 18.2. The average Bonchev–Trinajstić information content (AvgIpc) is 3.40. The van der Waals surface area contributed by atoms with Gasteiger partial charge in [-0.05, 0) is 0 Å². The molecule has 0 unspecified atom stereocenters. The van der Waals surface area contributed by atoms with E-state index in [9.17, 15) is 23.2 Å². The Morgan fingerprint density at radius 1 is 1.21 bits per heavy atom. The molecule has 2 saturated heterocycles. The van der Waals surface area contributed by atoms with Gasteiger partial charge in [0.2, 0.25) is 0 Å². The molecule has 0 spiro atoms.